The van der Waals surface area contributed by atoms with E-state index < -0.39 is 5.25 Å². The van der Waals surface area contributed by atoms with Crippen molar-refractivity contribution in [2.75, 3.05) is 12.4 Å². The number of nitrogens with one attached hydrogen (secondary N) is 1. The molecule has 0 radical (unpaired) electrons. The Kier molecular flexibility index (Phi) is 6.44. The fraction of sp³-hybridized carbons (Fsp3) is 0.300. The SMILES string of the molecule is COc1cc(Cl)c(C)cc1NC(=O)C(C)Sc1nnnn1-c1c(C)cccc1C. The molecular weight excluding hydrogens is 410 g/mol. The number of hydrogen-bond donors (Lipinski definition) is 1. The summed E-state index contributed by atoms with van der Waals surface area (Å²) in [4.78, 5) is 12.8. The number of anilines is 1. The molecule has 1 unspecified atom stereocenters. The molecule has 2 aromatic carbocycles. The highest BCUT2D eigenvalue weighted by Gasteiger charge is 2.22. The van der Waals surface area contributed by atoms with Crippen molar-refractivity contribution in [3.05, 3.63) is 52.0 Å². The Hall–Kier alpha value is -2.58. The molecule has 0 aliphatic heterocycles. The van der Waals surface area contributed by atoms with Crippen molar-refractivity contribution in [3.8, 4) is 11.4 Å². The zero-order valence-electron chi connectivity index (χ0n) is 16.9. The van der Waals surface area contributed by atoms with Crippen LogP contribution in [0.2, 0.25) is 5.02 Å². The molecule has 0 fully saturated rings. The molecule has 0 aliphatic rings. The van der Waals surface area contributed by atoms with Crippen LogP contribution in [0.5, 0.6) is 5.75 Å². The number of aromatic nitrogens is 4. The number of carbonyl (C=O) groups is 1. The number of tetrazole rings is 1. The van der Waals surface area contributed by atoms with E-state index in [-0.39, 0.29) is 5.91 Å². The van der Waals surface area contributed by atoms with Crippen molar-refractivity contribution in [2.45, 2.75) is 38.1 Å². The molecule has 0 saturated carbocycles. The number of amides is 1. The molecule has 1 amide bonds. The van der Waals surface area contributed by atoms with Crippen LogP contribution in [0.3, 0.4) is 0 Å². The first kappa shape index (κ1) is 21.1. The maximum Gasteiger partial charge on any atom is 0.237 e. The molecule has 1 atom stereocenters. The first-order valence-electron chi connectivity index (χ1n) is 8.98. The molecule has 0 bridgehead atoms. The van der Waals surface area contributed by atoms with Gasteiger partial charge >= 0.3 is 0 Å². The average Bonchev–Trinajstić information content (AvgIpc) is 3.12. The average molecular weight is 432 g/mol. The number of ether oxygens (including phenoxy) is 1. The third-order valence-corrected chi connectivity index (χ3v) is 5.92. The summed E-state index contributed by atoms with van der Waals surface area (Å²) in [6.45, 7) is 7.68. The standard InChI is InChI=1S/C20H22ClN5O2S/c1-11-7-6-8-12(2)18(11)26-20(23-24-25-26)29-14(4)19(27)22-16-9-13(3)15(21)10-17(16)28-5/h6-10,14H,1-5H3,(H,22,27). The van der Waals surface area contributed by atoms with Gasteiger partial charge in [-0.1, -0.05) is 41.6 Å². The third-order valence-electron chi connectivity index (χ3n) is 4.48. The highest BCUT2D eigenvalue weighted by molar-refractivity contribution is 8.00. The summed E-state index contributed by atoms with van der Waals surface area (Å²) in [5, 5.41) is 15.6. The van der Waals surface area contributed by atoms with Crippen LogP contribution in [0.25, 0.3) is 5.69 Å². The topological polar surface area (TPSA) is 81.9 Å². The second kappa shape index (κ2) is 8.84. The number of carbonyl (C=O) groups excluding carboxylic acids is 1. The van der Waals surface area contributed by atoms with Crippen LogP contribution in [0, 0.1) is 20.8 Å². The van der Waals surface area contributed by atoms with E-state index in [1.807, 2.05) is 39.0 Å². The predicted octanol–water partition coefficient (Wildman–Crippen LogP) is 4.37. The van der Waals surface area contributed by atoms with Gasteiger partial charge in [-0.25, -0.2) is 0 Å². The number of para-hydroxylation sites is 1. The Bertz CT molecular complexity index is 1030. The number of rotatable bonds is 6. The van der Waals surface area contributed by atoms with Crippen molar-refractivity contribution in [1.29, 1.82) is 0 Å². The molecule has 9 heteroatoms. The van der Waals surface area contributed by atoms with Crippen LogP contribution < -0.4 is 10.1 Å². The highest BCUT2D eigenvalue weighted by atomic mass is 35.5. The number of nitrogens with zero attached hydrogens (tertiary/aromatic N) is 4. The third kappa shape index (κ3) is 4.54. The Labute approximate surface area is 178 Å². The van der Waals surface area contributed by atoms with E-state index in [1.165, 1.54) is 18.9 Å². The van der Waals surface area contributed by atoms with E-state index in [9.17, 15) is 4.79 Å². The number of thioether (sulfide) groups is 1. The molecule has 0 aliphatic carbocycles. The van der Waals surface area contributed by atoms with E-state index in [1.54, 1.807) is 23.7 Å². The number of methoxy groups -OCH3 is 1. The number of benzene rings is 2. The molecule has 29 heavy (non-hydrogen) atoms. The molecule has 7 nitrogen and oxygen atoms in total. The Morgan fingerprint density at radius 1 is 1.21 bits per heavy atom. The number of aryl methyl sites for hydroxylation is 3. The predicted molar refractivity (Wildman–Crippen MR) is 115 cm³/mol. The summed E-state index contributed by atoms with van der Waals surface area (Å²) in [6, 6.07) is 9.47. The Balaban J connectivity index is 1.80. The van der Waals surface area contributed by atoms with Crippen molar-refractivity contribution in [1.82, 2.24) is 20.2 Å². The molecule has 1 aromatic heterocycles. The lowest BCUT2D eigenvalue weighted by Gasteiger charge is -2.16. The van der Waals surface area contributed by atoms with Gasteiger partial charge in [0.05, 0.1) is 23.7 Å². The molecule has 1 heterocycles. The van der Waals surface area contributed by atoms with Crippen molar-refractivity contribution >= 4 is 35.0 Å². The van der Waals surface area contributed by atoms with Gasteiger partial charge in [0, 0.05) is 11.1 Å². The summed E-state index contributed by atoms with van der Waals surface area (Å²) in [6.07, 6.45) is 0. The monoisotopic (exact) mass is 431 g/mol. The lowest BCUT2D eigenvalue weighted by Crippen LogP contribution is -2.23. The van der Waals surface area contributed by atoms with Gasteiger partial charge in [-0.3, -0.25) is 4.79 Å². The Morgan fingerprint density at radius 2 is 1.90 bits per heavy atom. The van der Waals surface area contributed by atoms with Crippen LogP contribution in [-0.4, -0.2) is 38.5 Å². The summed E-state index contributed by atoms with van der Waals surface area (Å²) in [5.41, 5.74) is 4.45. The van der Waals surface area contributed by atoms with Gasteiger partial charge in [-0.15, -0.1) is 5.10 Å². The lowest BCUT2D eigenvalue weighted by atomic mass is 10.1. The van der Waals surface area contributed by atoms with Crippen LogP contribution in [0.1, 0.15) is 23.6 Å². The van der Waals surface area contributed by atoms with Crippen LogP contribution in [0.15, 0.2) is 35.5 Å². The second-order valence-electron chi connectivity index (χ2n) is 6.66. The van der Waals surface area contributed by atoms with Crippen LogP contribution in [0.4, 0.5) is 5.69 Å². The van der Waals surface area contributed by atoms with E-state index >= 15 is 0 Å². The van der Waals surface area contributed by atoms with Gasteiger partial charge < -0.3 is 10.1 Å². The number of hydrogen-bond acceptors (Lipinski definition) is 6. The molecule has 0 saturated heterocycles. The second-order valence-corrected chi connectivity index (χ2v) is 8.38. The fourth-order valence-electron chi connectivity index (χ4n) is 2.91. The summed E-state index contributed by atoms with van der Waals surface area (Å²) in [7, 11) is 1.54. The first-order chi connectivity index (χ1) is 13.8. The molecule has 3 rings (SSSR count). The normalized spacial score (nSPS) is 11.9. The van der Waals surface area contributed by atoms with Gasteiger partial charge in [0.2, 0.25) is 11.1 Å². The van der Waals surface area contributed by atoms with Crippen LogP contribution >= 0.6 is 23.4 Å². The maximum atomic E-state index is 12.8. The van der Waals surface area contributed by atoms with Crippen molar-refractivity contribution in [3.63, 3.8) is 0 Å². The van der Waals surface area contributed by atoms with Crippen LogP contribution in [-0.2, 0) is 4.79 Å². The van der Waals surface area contributed by atoms with Gasteiger partial charge in [-0.2, -0.15) is 4.68 Å². The first-order valence-corrected chi connectivity index (χ1v) is 10.2. The smallest absolute Gasteiger partial charge is 0.237 e. The van der Waals surface area contributed by atoms with E-state index in [4.69, 9.17) is 16.3 Å². The highest BCUT2D eigenvalue weighted by Crippen LogP contribution is 2.32. The summed E-state index contributed by atoms with van der Waals surface area (Å²) < 4.78 is 7.00. The summed E-state index contributed by atoms with van der Waals surface area (Å²) in [5.74, 6) is 0.317. The minimum absolute atomic E-state index is 0.189. The fourth-order valence-corrected chi connectivity index (χ4v) is 3.86. The van der Waals surface area contributed by atoms with Gasteiger partial charge in [0.25, 0.3) is 0 Å². The van der Waals surface area contributed by atoms with E-state index in [2.05, 4.69) is 20.8 Å². The minimum Gasteiger partial charge on any atom is -0.495 e. The molecule has 0 spiro atoms. The van der Waals surface area contributed by atoms with Crippen molar-refractivity contribution in [2.24, 2.45) is 0 Å². The van der Waals surface area contributed by atoms with Gasteiger partial charge in [0.1, 0.15) is 5.75 Å². The van der Waals surface area contributed by atoms with E-state index in [0.717, 1.165) is 22.4 Å². The molecule has 152 valence electrons. The summed E-state index contributed by atoms with van der Waals surface area (Å²) >= 11 is 7.42. The zero-order valence-corrected chi connectivity index (χ0v) is 18.4. The molecular formula is C20H22ClN5O2S. The minimum atomic E-state index is -0.440. The number of halogens is 1. The quantitative estimate of drug-likeness (QED) is 0.583. The molecule has 3 aromatic rings. The van der Waals surface area contributed by atoms with Crippen molar-refractivity contribution < 1.29 is 9.53 Å². The molecule has 1 N–H and O–H groups in total. The lowest BCUT2D eigenvalue weighted by molar-refractivity contribution is -0.115. The van der Waals surface area contributed by atoms with E-state index in [0.29, 0.717) is 21.6 Å². The largest absolute Gasteiger partial charge is 0.495 e. The Morgan fingerprint density at radius 3 is 2.55 bits per heavy atom. The van der Waals surface area contributed by atoms with Gasteiger partial charge in [-0.05, 0) is 60.9 Å². The van der Waals surface area contributed by atoms with Gasteiger partial charge in [0.15, 0.2) is 0 Å². The maximum absolute atomic E-state index is 12.8. The zero-order chi connectivity index (χ0) is 21.1.